The van der Waals surface area contributed by atoms with Crippen molar-refractivity contribution < 1.29 is 9.59 Å². The number of nitrogens with two attached hydrogens (primary N) is 1. The predicted octanol–water partition coefficient (Wildman–Crippen LogP) is 2.78. The maximum Gasteiger partial charge on any atom is 0.252 e. The number of nitrogens with one attached hydrogen (secondary N) is 2. The van der Waals surface area contributed by atoms with E-state index in [0.29, 0.717) is 23.1 Å². The average Bonchev–Trinajstić information content (AvgIpc) is 2.89. The Morgan fingerprint density at radius 1 is 1.24 bits per heavy atom. The third kappa shape index (κ3) is 5.09. The highest BCUT2D eigenvalue weighted by Crippen LogP contribution is 2.65. The highest BCUT2D eigenvalue weighted by molar-refractivity contribution is 5.94. The molecule has 38 heavy (non-hydrogen) atoms. The number of nitriles is 1. The highest BCUT2D eigenvalue weighted by atomic mass is 16.2. The number of likely N-dealkylation sites (tertiary alicyclic amines) is 1. The van der Waals surface area contributed by atoms with Gasteiger partial charge in [0, 0.05) is 42.8 Å². The molecule has 4 N–H and O–H groups in total. The van der Waals surface area contributed by atoms with E-state index in [1.165, 1.54) is 6.20 Å². The molecule has 0 unspecified atom stereocenters. The Balaban J connectivity index is 1.18. The molecule has 2 bridgehead atoms. The van der Waals surface area contributed by atoms with Gasteiger partial charge in [0.05, 0.1) is 28.9 Å². The largest absolute Gasteiger partial charge is 0.403 e. The minimum absolute atomic E-state index is 0.0122. The minimum Gasteiger partial charge on any atom is -0.403 e. The van der Waals surface area contributed by atoms with Crippen LogP contribution in [0.2, 0.25) is 0 Å². The molecular formula is C28H32N8O2. The van der Waals surface area contributed by atoms with E-state index in [4.69, 9.17) is 16.0 Å². The van der Waals surface area contributed by atoms with Crippen molar-refractivity contribution in [1.82, 2.24) is 20.2 Å². The number of piperidine rings is 1. The van der Waals surface area contributed by atoms with E-state index in [9.17, 15) is 9.59 Å². The molecule has 3 aliphatic carbocycles. The van der Waals surface area contributed by atoms with Crippen molar-refractivity contribution in [3.8, 4) is 17.3 Å². The van der Waals surface area contributed by atoms with Gasteiger partial charge in [-0.05, 0) is 62.6 Å². The Hall–Kier alpha value is -4.26. The van der Waals surface area contributed by atoms with Crippen molar-refractivity contribution in [2.24, 2.45) is 22.1 Å². The Morgan fingerprint density at radius 3 is 2.55 bits per heavy atom. The van der Waals surface area contributed by atoms with Crippen molar-refractivity contribution in [2.75, 3.05) is 25.0 Å². The molecule has 2 aromatic rings. The standard InChI is InChI=1S/C28H32N8O2/c1-18-16-33-27(35-24(18)20-2-4-21(5-3-20)25(37)31-9-8-29)34-23(15-30)17-32-22-6-10-36(11-7-22)26(38)28-12-19(13-28)14-28/h2-5,15-17,19,22H,6-7,9-14,30H2,1H3,(H,31,37)(H,33,34,35). The smallest absolute Gasteiger partial charge is 0.252 e. The van der Waals surface area contributed by atoms with E-state index in [0.717, 1.165) is 67.9 Å². The van der Waals surface area contributed by atoms with Gasteiger partial charge in [-0.1, -0.05) is 12.1 Å². The number of hydrogen-bond donors (Lipinski definition) is 3. The van der Waals surface area contributed by atoms with Crippen molar-refractivity contribution in [2.45, 2.75) is 45.1 Å². The summed E-state index contributed by atoms with van der Waals surface area (Å²) in [6, 6.07) is 9.05. The summed E-state index contributed by atoms with van der Waals surface area (Å²) in [6.07, 6.45) is 9.83. The van der Waals surface area contributed by atoms with E-state index >= 15 is 0 Å². The van der Waals surface area contributed by atoms with Gasteiger partial charge in [0.2, 0.25) is 11.9 Å². The van der Waals surface area contributed by atoms with E-state index < -0.39 is 0 Å². The average molecular weight is 513 g/mol. The number of rotatable bonds is 8. The number of benzene rings is 1. The number of aliphatic imine (C=N–C) groups is 1. The summed E-state index contributed by atoms with van der Waals surface area (Å²) < 4.78 is 0. The first-order valence-corrected chi connectivity index (χ1v) is 13.0. The molecule has 1 aliphatic heterocycles. The van der Waals surface area contributed by atoms with Crippen LogP contribution in [0.3, 0.4) is 0 Å². The van der Waals surface area contributed by atoms with Gasteiger partial charge in [0.1, 0.15) is 6.54 Å². The van der Waals surface area contributed by atoms with Gasteiger partial charge in [-0.3, -0.25) is 14.6 Å². The number of carbonyl (C=O) groups is 2. The number of carbonyl (C=O) groups excluding carboxylic acids is 2. The molecule has 1 aromatic heterocycles. The second-order valence-corrected chi connectivity index (χ2v) is 10.5. The SMILES string of the molecule is Cc1cnc(NC(C=NC2CCN(C(=O)C34CC(C3)C4)CC2)=CN)nc1-c1ccc(C(=O)NCC#N)cc1. The van der Waals surface area contributed by atoms with Crippen LogP contribution in [0.15, 0.2) is 47.4 Å². The van der Waals surface area contributed by atoms with Crippen LogP contribution in [0, 0.1) is 29.6 Å². The number of aryl methyl sites for hydroxylation is 1. The lowest BCUT2D eigenvalue weighted by molar-refractivity contribution is -0.177. The van der Waals surface area contributed by atoms with Gasteiger partial charge in [-0.2, -0.15) is 5.26 Å². The van der Waals surface area contributed by atoms with Crippen molar-refractivity contribution in [3.63, 3.8) is 0 Å². The monoisotopic (exact) mass is 512 g/mol. The lowest BCUT2D eigenvalue weighted by atomic mass is 9.44. The molecule has 6 rings (SSSR count). The Morgan fingerprint density at radius 2 is 1.95 bits per heavy atom. The second kappa shape index (κ2) is 10.6. The normalized spacial score (nSPS) is 22.8. The van der Waals surface area contributed by atoms with Crippen molar-refractivity contribution in [1.29, 1.82) is 5.26 Å². The number of amides is 2. The third-order valence-electron chi connectivity index (χ3n) is 7.82. The molecule has 196 valence electrons. The predicted molar refractivity (Wildman–Crippen MR) is 144 cm³/mol. The van der Waals surface area contributed by atoms with Crippen molar-refractivity contribution in [3.05, 3.63) is 53.5 Å². The lowest BCUT2D eigenvalue weighted by Crippen LogP contribution is -2.62. The molecule has 4 aliphatic rings. The zero-order valence-electron chi connectivity index (χ0n) is 21.5. The number of anilines is 1. The van der Waals surface area contributed by atoms with Gasteiger partial charge in [0.25, 0.3) is 5.91 Å². The molecule has 1 saturated heterocycles. The summed E-state index contributed by atoms with van der Waals surface area (Å²) in [5.74, 6) is 1.24. The Kier molecular flexibility index (Phi) is 7.09. The zero-order valence-corrected chi connectivity index (χ0v) is 21.5. The van der Waals surface area contributed by atoms with E-state index in [1.807, 2.05) is 30.0 Å². The van der Waals surface area contributed by atoms with Crippen LogP contribution in [0.1, 0.15) is 48.0 Å². The summed E-state index contributed by atoms with van der Waals surface area (Å²) in [4.78, 5) is 40.6. The number of allylic oxidation sites excluding steroid dienone is 1. The van der Waals surface area contributed by atoms with Gasteiger partial charge < -0.3 is 21.3 Å². The molecule has 4 fully saturated rings. The van der Waals surface area contributed by atoms with Crippen LogP contribution < -0.4 is 16.4 Å². The minimum atomic E-state index is -0.302. The molecule has 1 aromatic carbocycles. The molecule has 2 amide bonds. The van der Waals surface area contributed by atoms with Crippen LogP contribution in [0.25, 0.3) is 11.3 Å². The molecule has 2 heterocycles. The fourth-order valence-corrected chi connectivity index (χ4v) is 5.52. The van der Waals surface area contributed by atoms with Gasteiger partial charge in [-0.25, -0.2) is 9.97 Å². The molecule has 0 radical (unpaired) electrons. The quantitative estimate of drug-likeness (QED) is 0.364. The molecule has 3 saturated carbocycles. The second-order valence-electron chi connectivity index (χ2n) is 10.5. The maximum absolute atomic E-state index is 12.8. The van der Waals surface area contributed by atoms with Crippen molar-refractivity contribution >= 4 is 24.0 Å². The van der Waals surface area contributed by atoms with E-state index in [-0.39, 0.29) is 23.9 Å². The third-order valence-corrected chi connectivity index (χ3v) is 7.82. The Labute approximate surface area is 222 Å². The molecular weight excluding hydrogens is 480 g/mol. The van der Waals surface area contributed by atoms with Crippen LogP contribution in [0.4, 0.5) is 5.95 Å². The highest BCUT2D eigenvalue weighted by Gasteiger charge is 2.62. The summed E-state index contributed by atoms with van der Waals surface area (Å²) in [7, 11) is 0. The molecule has 0 atom stereocenters. The lowest BCUT2D eigenvalue weighted by Gasteiger charge is -2.61. The van der Waals surface area contributed by atoms with Gasteiger partial charge in [-0.15, -0.1) is 0 Å². The van der Waals surface area contributed by atoms with Crippen LogP contribution in [-0.4, -0.2) is 58.6 Å². The zero-order chi connectivity index (χ0) is 26.7. The Bertz CT molecular complexity index is 1300. The number of hydrogen-bond acceptors (Lipinski definition) is 8. The van der Waals surface area contributed by atoms with Gasteiger partial charge in [0.15, 0.2) is 0 Å². The van der Waals surface area contributed by atoms with E-state index in [2.05, 4.69) is 20.6 Å². The topological polar surface area (TPSA) is 149 Å². The first kappa shape index (κ1) is 25.4. The van der Waals surface area contributed by atoms with Crippen LogP contribution in [0.5, 0.6) is 0 Å². The molecule has 10 nitrogen and oxygen atoms in total. The fraction of sp³-hybridized carbons (Fsp3) is 0.429. The maximum atomic E-state index is 12.8. The molecule has 0 spiro atoms. The first-order valence-electron chi connectivity index (χ1n) is 13.0. The van der Waals surface area contributed by atoms with Crippen LogP contribution >= 0.6 is 0 Å². The summed E-state index contributed by atoms with van der Waals surface area (Å²) in [5.41, 5.74) is 9.31. The molecule has 10 heteroatoms. The summed E-state index contributed by atoms with van der Waals surface area (Å²) in [6.45, 7) is 3.39. The van der Waals surface area contributed by atoms with E-state index in [1.54, 1.807) is 24.5 Å². The summed E-state index contributed by atoms with van der Waals surface area (Å²) in [5, 5.41) is 14.3. The number of nitrogens with zero attached hydrogens (tertiary/aromatic N) is 5. The van der Waals surface area contributed by atoms with Gasteiger partial charge >= 0.3 is 0 Å². The number of aromatic nitrogens is 2. The first-order chi connectivity index (χ1) is 18.4. The fourth-order valence-electron chi connectivity index (χ4n) is 5.52. The summed E-state index contributed by atoms with van der Waals surface area (Å²) >= 11 is 0. The van der Waals surface area contributed by atoms with Crippen LogP contribution in [-0.2, 0) is 4.79 Å².